The van der Waals surface area contributed by atoms with Crippen LogP contribution in [0.25, 0.3) is 17.4 Å². The van der Waals surface area contributed by atoms with Gasteiger partial charge in [0, 0.05) is 24.1 Å². The third-order valence-electron chi connectivity index (χ3n) is 3.69. The van der Waals surface area contributed by atoms with Crippen LogP contribution in [0.5, 0.6) is 0 Å². The van der Waals surface area contributed by atoms with Crippen molar-refractivity contribution in [3.63, 3.8) is 0 Å². The minimum atomic E-state index is -0.655. The van der Waals surface area contributed by atoms with E-state index in [-0.39, 0.29) is 5.57 Å². The predicted molar refractivity (Wildman–Crippen MR) is 90.8 cm³/mol. The van der Waals surface area contributed by atoms with Gasteiger partial charge in [-0.05, 0) is 30.3 Å². The third-order valence-corrected chi connectivity index (χ3v) is 4.21. The fraction of sp³-hybridized carbons (Fsp3) is 0.118. The number of imide groups is 2. The number of rotatable bonds is 2. The van der Waals surface area contributed by atoms with Crippen molar-refractivity contribution < 1.29 is 18.8 Å². The van der Waals surface area contributed by atoms with E-state index in [0.717, 1.165) is 19.8 Å². The first-order valence-corrected chi connectivity index (χ1v) is 7.85. The second kappa shape index (κ2) is 6.09. The Bertz CT molecular complexity index is 841. The van der Waals surface area contributed by atoms with Crippen LogP contribution >= 0.6 is 15.9 Å². The molecule has 0 N–H and O–H groups in total. The average molecular weight is 389 g/mol. The molecule has 6 nitrogen and oxygen atoms in total. The summed E-state index contributed by atoms with van der Waals surface area (Å²) in [6, 6.07) is 10.3. The molecule has 2 aromatic rings. The van der Waals surface area contributed by atoms with Crippen LogP contribution in [0.4, 0.5) is 4.79 Å². The highest BCUT2D eigenvalue weighted by molar-refractivity contribution is 9.10. The summed E-state index contributed by atoms with van der Waals surface area (Å²) in [6.07, 6.45) is 1.35. The van der Waals surface area contributed by atoms with Crippen molar-refractivity contribution in [1.82, 2.24) is 9.80 Å². The van der Waals surface area contributed by atoms with Crippen LogP contribution in [0.3, 0.4) is 0 Å². The Morgan fingerprint density at radius 2 is 1.50 bits per heavy atom. The van der Waals surface area contributed by atoms with E-state index in [1.54, 1.807) is 12.1 Å². The highest BCUT2D eigenvalue weighted by atomic mass is 79.9. The molecule has 2 heterocycles. The van der Waals surface area contributed by atoms with Gasteiger partial charge in [-0.15, -0.1) is 0 Å². The molecule has 0 unspecified atom stereocenters. The normalized spacial score (nSPS) is 15.3. The molecular weight excluding hydrogens is 376 g/mol. The summed E-state index contributed by atoms with van der Waals surface area (Å²) >= 11 is 3.37. The van der Waals surface area contributed by atoms with E-state index in [1.165, 1.54) is 20.2 Å². The van der Waals surface area contributed by atoms with Gasteiger partial charge in [-0.3, -0.25) is 19.4 Å². The molecular formula is C17H13BrN2O4. The predicted octanol–water partition coefficient (Wildman–Crippen LogP) is 3.14. The van der Waals surface area contributed by atoms with Crippen molar-refractivity contribution in [3.8, 4) is 11.3 Å². The highest BCUT2D eigenvalue weighted by Crippen LogP contribution is 2.26. The summed E-state index contributed by atoms with van der Waals surface area (Å²) in [4.78, 5) is 37.8. The molecule has 1 aromatic carbocycles. The quantitative estimate of drug-likeness (QED) is 0.585. The first kappa shape index (κ1) is 16.2. The Morgan fingerprint density at radius 3 is 2.08 bits per heavy atom. The fourth-order valence-electron chi connectivity index (χ4n) is 2.32. The average Bonchev–Trinajstić information content (AvgIpc) is 3.04. The Hall–Kier alpha value is -2.67. The molecule has 0 saturated carbocycles. The van der Waals surface area contributed by atoms with Gasteiger partial charge in [0.25, 0.3) is 11.8 Å². The van der Waals surface area contributed by atoms with Crippen LogP contribution < -0.4 is 0 Å². The van der Waals surface area contributed by atoms with E-state index in [9.17, 15) is 14.4 Å². The number of likely N-dealkylation sites (N-methyl/N-ethyl adjacent to an activating group) is 2. The van der Waals surface area contributed by atoms with Crippen molar-refractivity contribution in [2.75, 3.05) is 14.1 Å². The number of amides is 4. The number of urea groups is 1. The molecule has 122 valence electrons. The fourth-order valence-corrected chi connectivity index (χ4v) is 2.58. The van der Waals surface area contributed by atoms with Crippen LogP contribution in [0.15, 0.2) is 50.9 Å². The van der Waals surface area contributed by atoms with Gasteiger partial charge in [0.15, 0.2) is 0 Å². The molecule has 0 bridgehead atoms. The Balaban J connectivity index is 1.94. The van der Waals surface area contributed by atoms with E-state index in [0.29, 0.717) is 11.5 Å². The molecule has 0 atom stereocenters. The van der Waals surface area contributed by atoms with Gasteiger partial charge in [-0.1, -0.05) is 28.1 Å². The van der Waals surface area contributed by atoms with Crippen molar-refractivity contribution in [2.45, 2.75) is 0 Å². The van der Waals surface area contributed by atoms with E-state index in [4.69, 9.17) is 4.42 Å². The molecule has 1 fully saturated rings. The molecule has 0 aliphatic carbocycles. The lowest BCUT2D eigenvalue weighted by atomic mass is 10.1. The lowest BCUT2D eigenvalue weighted by Gasteiger charge is -2.28. The van der Waals surface area contributed by atoms with Gasteiger partial charge in [-0.25, -0.2) is 4.79 Å². The van der Waals surface area contributed by atoms with Crippen molar-refractivity contribution >= 4 is 39.9 Å². The van der Waals surface area contributed by atoms with Crippen molar-refractivity contribution in [3.05, 3.63) is 52.2 Å². The molecule has 1 aliphatic heterocycles. The first-order chi connectivity index (χ1) is 11.4. The lowest BCUT2D eigenvalue weighted by molar-refractivity contribution is -0.134. The van der Waals surface area contributed by atoms with Gasteiger partial charge >= 0.3 is 6.03 Å². The largest absolute Gasteiger partial charge is 0.457 e. The Labute approximate surface area is 146 Å². The van der Waals surface area contributed by atoms with Gasteiger partial charge in [0.1, 0.15) is 17.1 Å². The molecule has 1 aromatic heterocycles. The lowest BCUT2D eigenvalue weighted by Crippen LogP contribution is -2.52. The molecule has 0 spiro atoms. The zero-order chi connectivity index (χ0) is 17.4. The van der Waals surface area contributed by atoms with Crippen LogP contribution in [-0.2, 0) is 9.59 Å². The topological polar surface area (TPSA) is 70.8 Å². The zero-order valence-electron chi connectivity index (χ0n) is 12.9. The van der Waals surface area contributed by atoms with Crippen LogP contribution in [0.1, 0.15) is 5.76 Å². The zero-order valence-corrected chi connectivity index (χ0v) is 14.5. The Kier molecular flexibility index (Phi) is 4.11. The summed E-state index contributed by atoms with van der Waals surface area (Å²) in [7, 11) is 2.66. The van der Waals surface area contributed by atoms with E-state index >= 15 is 0 Å². The highest BCUT2D eigenvalue weighted by Gasteiger charge is 2.38. The number of hydrogen-bond donors (Lipinski definition) is 0. The van der Waals surface area contributed by atoms with Gasteiger partial charge in [0.05, 0.1) is 0 Å². The molecule has 24 heavy (non-hydrogen) atoms. The molecule has 1 saturated heterocycles. The number of barbiturate groups is 1. The summed E-state index contributed by atoms with van der Waals surface area (Å²) in [6.45, 7) is 0. The smallest absolute Gasteiger partial charge is 0.333 e. The minimum absolute atomic E-state index is 0.115. The number of furan rings is 1. The summed E-state index contributed by atoms with van der Waals surface area (Å²) < 4.78 is 6.64. The maximum absolute atomic E-state index is 12.2. The van der Waals surface area contributed by atoms with Crippen molar-refractivity contribution in [2.24, 2.45) is 0 Å². The van der Waals surface area contributed by atoms with Gasteiger partial charge in [-0.2, -0.15) is 0 Å². The monoisotopic (exact) mass is 388 g/mol. The van der Waals surface area contributed by atoms with Gasteiger partial charge < -0.3 is 4.42 Å². The number of carbonyl (C=O) groups is 3. The molecule has 1 aliphatic rings. The van der Waals surface area contributed by atoms with E-state index in [1.807, 2.05) is 24.3 Å². The van der Waals surface area contributed by atoms with Crippen LogP contribution in [0, 0.1) is 0 Å². The number of benzene rings is 1. The number of hydrogen-bond acceptors (Lipinski definition) is 4. The van der Waals surface area contributed by atoms with E-state index < -0.39 is 17.8 Å². The molecule has 3 rings (SSSR count). The molecule has 4 amide bonds. The summed E-state index contributed by atoms with van der Waals surface area (Å²) in [5.74, 6) is -0.321. The number of nitrogens with zero attached hydrogens (tertiary/aromatic N) is 2. The standard InChI is InChI=1S/C17H13BrN2O4/c1-19-15(21)13(16(22)20(2)17(19)23)9-12-7-8-14(24-12)10-3-5-11(18)6-4-10/h3-9H,1-2H3. The van der Waals surface area contributed by atoms with Crippen molar-refractivity contribution in [1.29, 1.82) is 0 Å². The number of carbonyl (C=O) groups excluding carboxylic acids is 3. The second-order valence-corrected chi connectivity index (χ2v) is 6.19. The SMILES string of the molecule is CN1C(=O)C(=Cc2ccc(-c3ccc(Br)cc3)o2)C(=O)N(C)C1=O. The summed E-state index contributed by atoms with van der Waals surface area (Å²) in [5.41, 5.74) is 0.755. The maximum atomic E-state index is 12.2. The Morgan fingerprint density at radius 1 is 0.917 bits per heavy atom. The second-order valence-electron chi connectivity index (χ2n) is 5.28. The minimum Gasteiger partial charge on any atom is -0.457 e. The van der Waals surface area contributed by atoms with Crippen LogP contribution in [0.2, 0.25) is 0 Å². The maximum Gasteiger partial charge on any atom is 0.333 e. The number of halogens is 1. The molecule has 7 heteroatoms. The van der Waals surface area contributed by atoms with Gasteiger partial charge in [0.2, 0.25) is 0 Å². The summed E-state index contributed by atoms with van der Waals surface area (Å²) in [5, 5.41) is 0. The third kappa shape index (κ3) is 2.78. The first-order valence-electron chi connectivity index (χ1n) is 7.06. The molecule has 0 radical (unpaired) electrons. The van der Waals surface area contributed by atoms with E-state index in [2.05, 4.69) is 15.9 Å². The van der Waals surface area contributed by atoms with Crippen LogP contribution in [-0.4, -0.2) is 41.7 Å².